The Labute approximate surface area is 195 Å². The number of sulfonamides is 2. The highest BCUT2D eigenvalue weighted by Gasteiger charge is 2.27. The third-order valence-corrected chi connectivity index (χ3v) is 8.55. The molecule has 1 N–H and O–H groups in total. The minimum absolute atomic E-state index is 0.0640. The van der Waals surface area contributed by atoms with E-state index in [-0.39, 0.29) is 30.2 Å². The summed E-state index contributed by atoms with van der Waals surface area (Å²) in [7, 11) is -7.45. The summed E-state index contributed by atoms with van der Waals surface area (Å²) in [5.41, 5.74) is 0.224. The lowest BCUT2D eigenvalue weighted by atomic mass is 10.3. The normalized spacial score (nSPS) is 18.7. The quantitative estimate of drug-likeness (QED) is 0.415. The van der Waals surface area contributed by atoms with Crippen LogP contribution < -0.4 is 9.62 Å². The molecule has 2 fully saturated rings. The summed E-state index contributed by atoms with van der Waals surface area (Å²) in [4.78, 5) is 14.7. The van der Waals surface area contributed by atoms with Crippen LogP contribution in [-0.2, 0) is 34.3 Å². The Kier molecular flexibility index (Phi) is 9.07. The summed E-state index contributed by atoms with van der Waals surface area (Å²) in [5, 5.41) is 2.76. The Morgan fingerprint density at radius 3 is 2.12 bits per heavy atom. The van der Waals surface area contributed by atoms with Crippen molar-refractivity contribution in [1.82, 2.24) is 14.5 Å². The highest BCUT2D eigenvalue weighted by atomic mass is 32.2. The fraction of sp³-hybridized carbons (Fsp3) is 0.650. The highest BCUT2D eigenvalue weighted by molar-refractivity contribution is 7.92. The minimum atomic E-state index is -3.76. The van der Waals surface area contributed by atoms with Crippen molar-refractivity contribution in [2.45, 2.75) is 11.3 Å². The third kappa shape index (κ3) is 7.36. The zero-order chi connectivity index (χ0) is 23.9. The number of anilines is 1. The van der Waals surface area contributed by atoms with Crippen molar-refractivity contribution in [2.24, 2.45) is 0 Å². The molecule has 1 aromatic carbocycles. The molecule has 1 amide bonds. The zero-order valence-corrected chi connectivity index (χ0v) is 20.4. The van der Waals surface area contributed by atoms with Crippen LogP contribution in [0.4, 0.5) is 5.69 Å². The van der Waals surface area contributed by atoms with Gasteiger partial charge in [0.15, 0.2) is 0 Å². The van der Waals surface area contributed by atoms with E-state index in [0.29, 0.717) is 33.0 Å². The van der Waals surface area contributed by atoms with Crippen LogP contribution in [0.15, 0.2) is 29.2 Å². The number of hydrogen-bond acceptors (Lipinski definition) is 8. The van der Waals surface area contributed by atoms with E-state index in [1.54, 1.807) is 0 Å². The van der Waals surface area contributed by atoms with Crippen molar-refractivity contribution < 1.29 is 31.1 Å². The van der Waals surface area contributed by atoms with Crippen LogP contribution in [0, 0.1) is 0 Å². The lowest BCUT2D eigenvalue weighted by molar-refractivity contribution is -0.119. The van der Waals surface area contributed by atoms with Gasteiger partial charge in [-0.3, -0.25) is 14.0 Å². The van der Waals surface area contributed by atoms with Crippen LogP contribution in [-0.4, -0.2) is 110 Å². The van der Waals surface area contributed by atoms with E-state index in [9.17, 15) is 21.6 Å². The van der Waals surface area contributed by atoms with E-state index in [1.807, 2.05) is 0 Å². The Balaban J connectivity index is 1.58. The number of carbonyl (C=O) groups excluding carboxylic acids is 1. The Bertz CT molecular complexity index is 988. The fourth-order valence-electron chi connectivity index (χ4n) is 3.66. The standard InChI is InChI=1S/C20H32N4O7S2/c1-32(26,27)24(17-20(25)21-7-2-8-22-9-13-30-14-10-22)18-3-5-19(6-4-18)33(28,29)23-11-15-31-16-12-23/h3-6H,2,7-17H2,1H3,(H,21,25). The van der Waals surface area contributed by atoms with E-state index in [0.717, 1.165) is 36.6 Å². The molecule has 0 saturated carbocycles. The highest BCUT2D eigenvalue weighted by Crippen LogP contribution is 2.23. The number of nitrogens with zero attached hydrogens (tertiary/aromatic N) is 3. The van der Waals surface area contributed by atoms with Gasteiger partial charge in [0.2, 0.25) is 26.0 Å². The van der Waals surface area contributed by atoms with E-state index < -0.39 is 26.0 Å². The average molecular weight is 505 g/mol. The van der Waals surface area contributed by atoms with Gasteiger partial charge in [-0.25, -0.2) is 16.8 Å². The number of amides is 1. The first-order valence-electron chi connectivity index (χ1n) is 10.9. The second-order valence-electron chi connectivity index (χ2n) is 7.94. The van der Waals surface area contributed by atoms with Crippen molar-refractivity contribution in [3.05, 3.63) is 24.3 Å². The van der Waals surface area contributed by atoms with Gasteiger partial charge in [0.05, 0.1) is 43.3 Å². The van der Waals surface area contributed by atoms with Crippen LogP contribution >= 0.6 is 0 Å². The van der Waals surface area contributed by atoms with Gasteiger partial charge in [0.1, 0.15) is 6.54 Å². The van der Waals surface area contributed by atoms with Gasteiger partial charge in [0, 0.05) is 32.7 Å². The predicted molar refractivity (Wildman–Crippen MR) is 123 cm³/mol. The average Bonchev–Trinajstić information content (AvgIpc) is 2.81. The molecule has 0 unspecified atom stereocenters. The maximum atomic E-state index is 12.8. The van der Waals surface area contributed by atoms with Gasteiger partial charge >= 0.3 is 0 Å². The van der Waals surface area contributed by atoms with Gasteiger partial charge in [-0.1, -0.05) is 0 Å². The number of morpholine rings is 2. The van der Waals surface area contributed by atoms with Gasteiger partial charge in [-0.2, -0.15) is 4.31 Å². The van der Waals surface area contributed by atoms with E-state index in [2.05, 4.69) is 10.2 Å². The van der Waals surface area contributed by atoms with Crippen molar-refractivity contribution in [3.8, 4) is 0 Å². The van der Waals surface area contributed by atoms with Crippen LogP contribution in [0.1, 0.15) is 6.42 Å². The number of ether oxygens (including phenoxy) is 2. The summed E-state index contributed by atoms with van der Waals surface area (Å²) in [6.45, 7) is 5.25. The third-order valence-electron chi connectivity index (χ3n) is 5.50. The maximum Gasteiger partial charge on any atom is 0.243 e. The summed E-state index contributed by atoms with van der Waals surface area (Å²) >= 11 is 0. The molecule has 2 saturated heterocycles. The first-order chi connectivity index (χ1) is 15.7. The molecule has 0 spiro atoms. The number of benzene rings is 1. The lowest BCUT2D eigenvalue weighted by Crippen LogP contribution is -2.42. The monoisotopic (exact) mass is 504 g/mol. The number of carbonyl (C=O) groups is 1. The topological polar surface area (TPSA) is 126 Å². The Hall–Kier alpha value is -1.77. The zero-order valence-electron chi connectivity index (χ0n) is 18.8. The van der Waals surface area contributed by atoms with Crippen molar-refractivity contribution in [1.29, 1.82) is 0 Å². The molecular weight excluding hydrogens is 472 g/mol. The van der Waals surface area contributed by atoms with E-state index >= 15 is 0 Å². The van der Waals surface area contributed by atoms with Crippen LogP contribution in [0.5, 0.6) is 0 Å². The van der Waals surface area contributed by atoms with Crippen molar-refractivity contribution >= 4 is 31.6 Å². The molecule has 2 heterocycles. The molecule has 0 bridgehead atoms. The predicted octanol–water partition coefficient (Wildman–Crippen LogP) is -0.688. The Morgan fingerprint density at radius 1 is 0.970 bits per heavy atom. The smallest absolute Gasteiger partial charge is 0.243 e. The second-order valence-corrected chi connectivity index (χ2v) is 11.8. The second kappa shape index (κ2) is 11.6. The van der Waals surface area contributed by atoms with Crippen molar-refractivity contribution in [2.75, 3.05) is 82.8 Å². The van der Waals surface area contributed by atoms with Crippen LogP contribution in [0.3, 0.4) is 0 Å². The largest absolute Gasteiger partial charge is 0.379 e. The first kappa shape index (κ1) is 25.8. The SMILES string of the molecule is CS(=O)(=O)N(CC(=O)NCCCN1CCOCC1)c1ccc(S(=O)(=O)N2CCOCC2)cc1. The number of nitrogens with one attached hydrogen (secondary N) is 1. The molecule has 0 radical (unpaired) electrons. The van der Waals surface area contributed by atoms with Crippen LogP contribution in [0.25, 0.3) is 0 Å². The van der Waals surface area contributed by atoms with Gasteiger partial charge < -0.3 is 14.8 Å². The molecule has 2 aliphatic rings. The summed E-state index contributed by atoms with van der Waals surface area (Å²) in [6.07, 6.45) is 1.76. The molecule has 0 aromatic heterocycles. The molecule has 11 nitrogen and oxygen atoms in total. The fourth-order valence-corrected chi connectivity index (χ4v) is 5.93. The van der Waals surface area contributed by atoms with Crippen molar-refractivity contribution in [3.63, 3.8) is 0 Å². The van der Waals surface area contributed by atoms with Gasteiger partial charge in [-0.15, -0.1) is 0 Å². The molecule has 0 atom stereocenters. The van der Waals surface area contributed by atoms with Gasteiger partial charge in [0.25, 0.3) is 0 Å². The van der Waals surface area contributed by atoms with Gasteiger partial charge in [-0.05, 0) is 37.2 Å². The van der Waals surface area contributed by atoms with Crippen LogP contribution in [0.2, 0.25) is 0 Å². The lowest BCUT2D eigenvalue weighted by Gasteiger charge is -2.27. The summed E-state index contributed by atoms with van der Waals surface area (Å²) < 4.78 is 63.0. The summed E-state index contributed by atoms with van der Waals surface area (Å²) in [5.74, 6) is -0.424. The summed E-state index contributed by atoms with van der Waals surface area (Å²) in [6, 6.07) is 5.53. The molecular formula is C20H32N4O7S2. The minimum Gasteiger partial charge on any atom is -0.379 e. The molecule has 3 rings (SSSR count). The maximum absolute atomic E-state index is 12.8. The Morgan fingerprint density at radius 2 is 1.55 bits per heavy atom. The molecule has 33 heavy (non-hydrogen) atoms. The first-order valence-corrected chi connectivity index (χ1v) is 14.2. The number of rotatable bonds is 10. The molecule has 13 heteroatoms. The van der Waals surface area contributed by atoms with E-state index in [1.165, 1.54) is 28.6 Å². The molecule has 0 aliphatic carbocycles. The van der Waals surface area contributed by atoms with E-state index in [4.69, 9.17) is 9.47 Å². The molecule has 186 valence electrons. The molecule has 2 aliphatic heterocycles. The number of hydrogen-bond donors (Lipinski definition) is 1. The molecule has 1 aromatic rings.